The third-order valence-electron chi connectivity index (χ3n) is 3.45. The van der Waals surface area contributed by atoms with Crippen molar-refractivity contribution in [2.45, 2.75) is 64.2 Å². The van der Waals surface area contributed by atoms with Crippen molar-refractivity contribution in [2.75, 3.05) is 12.9 Å². The van der Waals surface area contributed by atoms with Gasteiger partial charge in [0.1, 0.15) is 24.9 Å². The first-order valence-electron chi connectivity index (χ1n) is 7.58. The topological polar surface area (TPSA) is 124 Å². The van der Waals surface area contributed by atoms with E-state index < -0.39 is 58.5 Å². The average molecular weight is 382 g/mol. The molecule has 0 radical (unpaired) electrons. The Balaban J connectivity index is 2.25. The minimum Gasteiger partial charge on any atom is -0.462 e. The van der Waals surface area contributed by atoms with Crippen molar-refractivity contribution in [3.63, 3.8) is 0 Å². The fourth-order valence-corrected chi connectivity index (χ4v) is 3.35. The van der Waals surface area contributed by atoms with Crippen LogP contribution in [-0.2, 0) is 47.6 Å². The van der Waals surface area contributed by atoms with Gasteiger partial charge in [-0.15, -0.1) is 0 Å². The minimum atomic E-state index is -3.87. The van der Waals surface area contributed by atoms with E-state index in [9.17, 15) is 18.0 Å². The number of rotatable bonds is 6. The summed E-state index contributed by atoms with van der Waals surface area (Å²) in [7, 11) is -3.87. The van der Waals surface area contributed by atoms with Gasteiger partial charge in [-0.1, -0.05) is 0 Å². The summed E-state index contributed by atoms with van der Waals surface area (Å²) in [5, 5.41) is 0. The monoisotopic (exact) mass is 382 g/mol. The van der Waals surface area contributed by atoms with Gasteiger partial charge in [-0.05, 0) is 13.8 Å². The number of hydrogen-bond acceptors (Lipinski definition) is 10. The summed E-state index contributed by atoms with van der Waals surface area (Å²) in [5.74, 6) is -2.24. The smallest absolute Gasteiger partial charge is 0.303 e. The van der Waals surface area contributed by atoms with Gasteiger partial charge in [0, 0.05) is 13.8 Å². The zero-order valence-corrected chi connectivity index (χ0v) is 15.4. The highest BCUT2D eigenvalue weighted by Crippen LogP contribution is 2.40. The molecule has 2 saturated heterocycles. The van der Waals surface area contributed by atoms with Crippen molar-refractivity contribution in [3.05, 3.63) is 0 Å². The van der Waals surface area contributed by atoms with Crippen molar-refractivity contribution in [1.82, 2.24) is 0 Å². The number of fused-ring (bicyclic) bond motifs is 1. The van der Waals surface area contributed by atoms with Crippen LogP contribution < -0.4 is 0 Å². The molecule has 25 heavy (non-hydrogen) atoms. The second-order valence-corrected chi connectivity index (χ2v) is 7.89. The maximum absolute atomic E-state index is 11.6. The first kappa shape index (κ1) is 20.0. The Morgan fingerprint density at radius 2 is 1.80 bits per heavy atom. The number of hydrogen-bond donors (Lipinski definition) is 0. The van der Waals surface area contributed by atoms with E-state index in [-0.39, 0.29) is 6.61 Å². The Morgan fingerprint density at radius 3 is 2.32 bits per heavy atom. The van der Waals surface area contributed by atoms with Crippen LogP contribution in [0.25, 0.3) is 0 Å². The van der Waals surface area contributed by atoms with E-state index in [1.165, 1.54) is 13.8 Å². The zero-order chi connectivity index (χ0) is 19.0. The predicted octanol–water partition coefficient (Wildman–Crippen LogP) is -0.298. The Kier molecular flexibility index (Phi) is 5.74. The zero-order valence-electron chi connectivity index (χ0n) is 14.6. The van der Waals surface area contributed by atoms with Gasteiger partial charge < -0.3 is 23.7 Å². The van der Waals surface area contributed by atoms with Crippen LogP contribution in [0.1, 0.15) is 27.7 Å². The summed E-state index contributed by atoms with van der Waals surface area (Å²) >= 11 is 0. The summed E-state index contributed by atoms with van der Waals surface area (Å²) in [4.78, 5) is 22.4. The second-order valence-electron chi connectivity index (χ2n) is 6.28. The van der Waals surface area contributed by atoms with E-state index in [0.29, 0.717) is 0 Å². The molecule has 0 bridgehead atoms. The molecule has 10 nitrogen and oxygen atoms in total. The van der Waals surface area contributed by atoms with Crippen LogP contribution in [0.15, 0.2) is 0 Å². The lowest BCUT2D eigenvalue weighted by atomic mass is 10.1. The Morgan fingerprint density at radius 1 is 1.16 bits per heavy atom. The summed E-state index contributed by atoms with van der Waals surface area (Å²) in [6.45, 7) is 5.31. The highest BCUT2D eigenvalue weighted by molar-refractivity contribution is 7.86. The fraction of sp³-hybridized carbons (Fsp3) is 0.857. The summed E-state index contributed by atoms with van der Waals surface area (Å²) in [5.41, 5.74) is 0. The Hall–Kier alpha value is -1.27. The van der Waals surface area contributed by atoms with Gasteiger partial charge in [-0.3, -0.25) is 13.8 Å². The van der Waals surface area contributed by atoms with Crippen molar-refractivity contribution in [2.24, 2.45) is 0 Å². The number of carbonyl (C=O) groups is 2. The predicted molar refractivity (Wildman–Crippen MR) is 80.6 cm³/mol. The second kappa shape index (κ2) is 7.16. The van der Waals surface area contributed by atoms with Crippen molar-refractivity contribution >= 4 is 22.1 Å². The van der Waals surface area contributed by atoms with Crippen LogP contribution in [0.3, 0.4) is 0 Å². The van der Waals surface area contributed by atoms with Crippen LogP contribution in [-0.4, -0.2) is 69.7 Å². The van der Waals surface area contributed by atoms with Gasteiger partial charge in [0.2, 0.25) is 0 Å². The van der Waals surface area contributed by atoms with Crippen LogP contribution in [0.4, 0.5) is 0 Å². The maximum atomic E-state index is 11.6. The van der Waals surface area contributed by atoms with Crippen molar-refractivity contribution in [1.29, 1.82) is 0 Å². The summed E-state index contributed by atoms with van der Waals surface area (Å²) < 4.78 is 55.2. The molecule has 0 aromatic carbocycles. The molecule has 2 heterocycles. The molecular weight excluding hydrogens is 360 g/mol. The quantitative estimate of drug-likeness (QED) is 0.447. The summed E-state index contributed by atoms with van der Waals surface area (Å²) in [6.07, 6.45) is -4.18. The molecule has 2 aliphatic heterocycles. The van der Waals surface area contributed by atoms with Gasteiger partial charge in [0.15, 0.2) is 18.2 Å². The minimum absolute atomic E-state index is 0.327. The van der Waals surface area contributed by atoms with Crippen LogP contribution in [0.2, 0.25) is 0 Å². The molecule has 2 aliphatic rings. The molecule has 144 valence electrons. The first-order chi connectivity index (χ1) is 11.4. The van der Waals surface area contributed by atoms with Crippen molar-refractivity contribution < 1.29 is 45.9 Å². The third-order valence-corrected chi connectivity index (χ3v) is 4.02. The van der Waals surface area contributed by atoms with Gasteiger partial charge in [0.05, 0.1) is 6.26 Å². The SMILES string of the molecule is CC(=O)OCC(OC(C)=O)C1OC2OC(C)(C)OC2C1OS(C)(=O)=O. The molecule has 0 amide bonds. The lowest BCUT2D eigenvalue weighted by Crippen LogP contribution is -2.47. The standard InChI is InChI=1S/C14H22O10S/c1-7(15)19-6-9(20-8(2)16)10-11(24-25(5,17)18)12-13(21-10)23-14(3,4)22-12/h9-13H,6H2,1-5H3. The number of esters is 2. The molecule has 0 aromatic rings. The largest absolute Gasteiger partial charge is 0.462 e. The molecular formula is C14H22O10S. The van der Waals surface area contributed by atoms with Gasteiger partial charge >= 0.3 is 11.9 Å². The normalized spacial score (nSPS) is 32.0. The molecule has 0 aromatic heterocycles. The molecule has 5 atom stereocenters. The first-order valence-corrected chi connectivity index (χ1v) is 9.39. The van der Waals surface area contributed by atoms with Crippen LogP contribution in [0.5, 0.6) is 0 Å². The molecule has 11 heteroatoms. The van der Waals surface area contributed by atoms with Gasteiger partial charge in [0.25, 0.3) is 10.1 Å². The molecule has 0 spiro atoms. The number of ether oxygens (including phenoxy) is 5. The third kappa shape index (κ3) is 5.35. The Bertz CT molecular complexity index is 628. The van der Waals surface area contributed by atoms with E-state index in [1.807, 2.05) is 0 Å². The number of carbonyl (C=O) groups excluding carboxylic acids is 2. The van der Waals surface area contributed by atoms with E-state index >= 15 is 0 Å². The van der Waals surface area contributed by atoms with Crippen LogP contribution >= 0.6 is 0 Å². The highest BCUT2D eigenvalue weighted by Gasteiger charge is 2.59. The molecule has 0 aliphatic carbocycles. The molecule has 5 unspecified atom stereocenters. The van der Waals surface area contributed by atoms with Gasteiger partial charge in [-0.2, -0.15) is 8.42 Å². The molecule has 2 fully saturated rings. The maximum Gasteiger partial charge on any atom is 0.303 e. The molecule has 0 saturated carbocycles. The van der Waals surface area contributed by atoms with E-state index in [2.05, 4.69) is 0 Å². The molecule has 2 rings (SSSR count). The average Bonchev–Trinajstić information content (AvgIpc) is 2.86. The Labute approximate surface area is 145 Å². The van der Waals surface area contributed by atoms with Gasteiger partial charge in [-0.25, -0.2) is 0 Å². The lowest BCUT2D eigenvalue weighted by molar-refractivity contribution is -0.229. The lowest BCUT2D eigenvalue weighted by Gasteiger charge is -2.29. The fourth-order valence-electron chi connectivity index (χ4n) is 2.72. The van der Waals surface area contributed by atoms with E-state index in [1.54, 1.807) is 13.8 Å². The summed E-state index contributed by atoms with van der Waals surface area (Å²) in [6, 6.07) is 0. The highest BCUT2D eigenvalue weighted by atomic mass is 32.2. The van der Waals surface area contributed by atoms with Crippen molar-refractivity contribution in [3.8, 4) is 0 Å². The van der Waals surface area contributed by atoms with E-state index in [0.717, 1.165) is 6.26 Å². The van der Waals surface area contributed by atoms with E-state index in [4.69, 9.17) is 27.9 Å². The molecule has 0 N–H and O–H groups in total. The van der Waals surface area contributed by atoms with Crippen LogP contribution in [0, 0.1) is 0 Å².